The lowest BCUT2D eigenvalue weighted by Gasteiger charge is -2.27. The fourth-order valence-electron chi connectivity index (χ4n) is 3.21. The minimum Gasteiger partial charge on any atom is -0.375 e. The summed E-state index contributed by atoms with van der Waals surface area (Å²) in [5.74, 6) is 6.22. The molecule has 1 aromatic heterocycles. The zero-order chi connectivity index (χ0) is 11.8. The van der Waals surface area contributed by atoms with Crippen LogP contribution in [0.15, 0.2) is 12.4 Å². The molecule has 2 fully saturated rings. The highest BCUT2D eigenvalue weighted by Gasteiger charge is 2.44. The molecule has 2 bridgehead atoms. The maximum absolute atomic E-state index is 5.90. The van der Waals surface area contributed by atoms with Crippen molar-refractivity contribution in [3.05, 3.63) is 18.0 Å². The fraction of sp³-hybridized carbons (Fsp3) is 0.750. The average molecular weight is 236 g/mol. The first-order valence-electron chi connectivity index (χ1n) is 6.45. The monoisotopic (exact) mass is 236 g/mol. The number of hydrogen-bond donors (Lipinski definition) is 2. The Hall–Kier alpha value is -0.910. The van der Waals surface area contributed by atoms with Crippen LogP contribution in [0, 0.1) is 5.92 Å². The minimum atomic E-state index is 0.172. The quantitative estimate of drug-likeness (QED) is 0.604. The molecule has 5 heteroatoms. The highest BCUT2D eigenvalue weighted by Crippen LogP contribution is 2.44. The Balaban J connectivity index is 1.79. The summed E-state index contributed by atoms with van der Waals surface area (Å²) in [6.07, 6.45) is 8.35. The second-order valence-electron chi connectivity index (χ2n) is 5.05. The number of aryl methyl sites for hydroxylation is 1. The molecule has 3 N–H and O–H groups in total. The number of fused-ring (bicyclic) bond motifs is 2. The number of nitrogens with zero attached hydrogens (tertiary/aromatic N) is 2. The molecule has 3 heterocycles. The molecular formula is C12H20N4O. The van der Waals surface area contributed by atoms with Gasteiger partial charge in [0.2, 0.25) is 0 Å². The maximum Gasteiger partial charge on any atom is 0.0627 e. The van der Waals surface area contributed by atoms with Gasteiger partial charge in [-0.3, -0.25) is 16.0 Å². The van der Waals surface area contributed by atoms with Crippen LogP contribution in [0.5, 0.6) is 0 Å². The standard InChI is InChI=1S/C12H20N4O/c1-2-16-7-8(6-14-16)12(15-13)10-5-9-3-4-11(10)17-9/h6-7,9-12,15H,2-5,13H2,1H3. The number of nitrogens with two attached hydrogens (primary N) is 1. The Bertz CT molecular complexity index is 392. The van der Waals surface area contributed by atoms with Gasteiger partial charge in [-0.2, -0.15) is 5.10 Å². The van der Waals surface area contributed by atoms with E-state index in [1.54, 1.807) is 0 Å². The summed E-state index contributed by atoms with van der Waals surface area (Å²) in [5, 5.41) is 4.32. The average Bonchev–Trinajstić information content (AvgIpc) is 3.05. The van der Waals surface area contributed by atoms with Gasteiger partial charge in [-0.25, -0.2) is 0 Å². The molecule has 0 spiro atoms. The van der Waals surface area contributed by atoms with Crippen molar-refractivity contribution in [3.63, 3.8) is 0 Å². The van der Waals surface area contributed by atoms with E-state index in [-0.39, 0.29) is 6.04 Å². The highest BCUT2D eigenvalue weighted by molar-refractivity contribution is 5.14. The summed E-state index contributed by atoms with van der Waals surface area (Å²) in [6.45, 7) is 2.98. The molecule has 4 atom stereocenters. The van der Waals surface area contributed by atoms with E-state index < -0.39 is 0 Å². The molecule has 4 unspecified atom stereocenters. The van der Waals surface area contributed by atoms with Gasteiger partial charge in [0.15, 0.2) is 0 Å². The molecule has 2 aliphatic heterocycles. The number of hydrogen-bond acceptors (Lipinski definition) is 4. The molecule has 3 rings (SSSR count). The van der Waals surface area contributed by atoms with E-state index in [1.807, 2.05) is 10.9 Å². The summed E-state index contributed by atoms with van der Waals surface area (Å²) in [4.78, 5) is 0. The van der Waals surface area contributed by atoms with E-state index in [2.05, 4.69) is 23.6 Å². The van der Waals surface area contributed by atoms with Gasteiger partial charge in [-0.05, 0) is 26.2 Å². The van der Waals surface area contributed by atoms with E-state index in [0.29, 0.717) is 18.1 Å². The molecule has 0 aromatic carbocycles. The molecule has 0 aliphatic carbocycles. The summed E-state index contributed by atoms with van der Waals surface area (Å²) >= 11 is 0. The van der Waals surface area contributed by atoms with Crippen LogP contribution in [0.4, 0.5) is 0 Å². The van der Waals surface area contributed by atoms with Crippen LogP contribution in [0.2, 0.25) is 0 Å². The van der Waals surface area contributed by atoms with Crippen molar-refractivity contribution >= 4 is 0 Å². The zero-order valence-corrected chi connectivity index (χ0v) is 10.2. The van der Waals surface area contributed by atoms with Crippen LogP contribution in [-0.4, -0.2) is 22.0 Å². The van der Waals surface area contributed by atoms with E-state index in [4.69, 9.17) is 10.6 Å². The molecule has 2 aliphatic rings. The lowest BCUT2D eigenvalue weighted by Crippen LogP contribution is -2.37. The third kappa shape index (κ3) is 1.88. The maximum atomic E-state index is 5.90. The molecular weight excluding hydrogens is 216 g/mol. The molecule has 5 nitrogen and oxygen atoms in total. The lowest BCUT2D eigenvalue weighted by molar-refractivity contribution is 0.0857. The van der Waals surface area contributed by atoms with Crippen LogP contribution in [0.1, 0.15) is 37.8 Å². The number of ether oxygens (including phenoxy) is 1. The van der Waals surface area contributed by atoms with E-state index in [1.165, 1.54) is 18.4 Å². The summed E-state index contributed by atoms with van der Waals surface area (Å²) in [5.41, 5.74) is 4.13. The van der Waals surface area contributed by atoms with Crippen LogP contribution < -0.4 is 11.3 Å². The van der Waals surface area contributed by atoms with Crippen LogP contribution in [0.25, 0.3) is 0 Å². The highest BCUT2D eigenvalue weighted by atomic mass is 16.5. The Morgan fingerprint density at radius 2 is 2.53 bits per heavy atom. The van der Waals surface area contributed by atoms with Crippen molar-refractivity contribution in [2.24, 2.45) is 11.8 Å². The predicted molar refractivity (Wildman–Crippen MR) is 64.0 cm³/mol. The number of hydrazine groups is 1. The van der Waals surface area contributed by atoms with Gasteiger partial charge in [0, 0.05) is 24.2 Å². The van der Waals surface area contributed by atoms with Crippen molar-refractivity contribution < 1.29 is 4.74 Å². The lowest BCUT2D eigenvalue weighted by atomic mass is 9.82. The fourth-order valence-corrected chi connectivity index (χ4v) is 3.21. The third-order valence-corrected chi connectivity index (χ3v) is 4.10. The Morgan fingerprint density at radius 1 is 1.65 bits per heavy atom. The Morgan fingerprint density at radius 3 is 3.06 bits per heavy atom. The van der Waals surface area contributed by atoms with Crippen LogP contribution in [0.3, 0.4) is 0 Å². The van der Waals surface area contributed by atoms with Gasteiger partial charge in [-0.15, -0.1) is 0 Å². The van der Waals surface area contributed by atoms with Crippen molar-refractivity contribution in [1.82, 2.24) is 15.2 Å². The van der Waals surface area contributed by atoms with Crippen LogP contribution >= 0.6 is 0 Å². The molecule has 17 heavy (non-hydrogen) atoms. The van der Waals surface area contributed by atoms with E-state index in [0.717, 1.165) is 13.0 Å². The van der Waals surface area contributed by atoms with Gasteiger partial charge in [0.25, 0.3) is 0 Å². The summed E-state index contributed by atoms with van der Waals surface area (Å²) in [6, 6.07) is 0.172. The first kappa shape index (κ1) is 11.2. The van der Waals surface area contributed by atoms with Gasteiger partial charge < -0.3 is 4.74 Å². The topological polar surface area (TPSA) is 65.1 Å². The first-order valence-corrected chi connectivity index (χ1v) is 6.45. The van der Waals surface area contributed by atoms with Crippen molar-refractivity contribution in [2.75, 3.05) is 0 Å². The third-order valence-electron chi connectivity index (χ3n) is 4.10. The van der Waals surface area contributed by atoms with E-state index in [9.17, 15) is 0 Å². The van der Waals surface area contributed by atoms with Crippen molar-refractivity contribution in [3.8, 4) is 0 Å². The molecule has 1 aromatic rings. The van der Waals surface area contributed by atoms with Gasteiger partial charge in [0.1, 0.15) is 0 Å². The second kappa shape index (κ2) is 4.40. The van der Waals surface area contributed by atoms with Crippen molar-refractivity contribution in [2.45, 2.75) is 51.0 Å². The molecule has 0 radical (unpaired) electrons. The normalized spacial score (nSPS) is 33.2. The van der Waals surface area contributed by atoms with E-state index >= 15 is 0 Å². The largest absolute Gasteiger partial charge is 0.375 e. The smallest absolute Gasteiger partial charge is 0.0627 e. The van der Waals surface area contributed by atoms with Gasteiger partial charge >= 0.3 is 0 Å². The van der Waals surface area contributed by atoms with Crippen molar-refractivity contribution in [1.29, 1.82) is 0 Å². The number of aromatic nitrogens is 2. The zero-order valence-electron chi connectivity index (χ0n) is 10.2. The molecule has 94 valence electrons. The molecule has 0 saturated carbocycles. The second-order valence-corrected chi connectivity index (χ2v) is 5.05. The minimum absolute atomic E-state index is 0.172. The molecule has 0 amide bonds. The predicted octanol–water partition coefficient (Wildman–Crippen LogP) is 0.975. The SMILES string of the molecule is CCn1cc(C(NN)C2CC3CCC2O3)cn1. The van der Waals surface area contributed by atoms with Gasteiger partial charge in [-0.1, -0.05) is 0 Å². The summed E-state index contributed by atoms with van der Waals surface area (Å²) in [7, 11) is 0. The van der Waals surface area contributed by atoms with Crippen LogP contribution in [-0.2, 0) is 11.3 Å². The first-order chi connectivity index (χ1) is 8.31. The number of nitrogens with one attached hydrogen (secondary N) is 1. The number of rotatable bonds is 4. The summed E-state index contributed by atoms with van der Waals surface area (Å²) < 4.78 is 7.84. The van der Waals surface area contributed by atoms with Gasteiger partial charge in [0.05, 0.1) is 24.4 Å². The molecule has 2 saturated heterocycles. The Kier molecular flexibility index (Phi) is 2.90. The Labute approximate surface area is 101 Å².